The summed E-state index contributed by atoms with van der Waals surface area (Å²) in [6.45, 7) is 3.10. The first kappa shape index (κ1) is 17.0. The van der Waals surface area contributed by atoms with Crippen molar-refractivity contribution in [2.24, 2.45) is 0 Å². The summed E-state index contributed by atoms with van der Waals surface area (Å²) in [7, 11) is 1.85. The minimum Gasteiger partial charge on any atom is -0.494 e. The largest absolute Gasteiger partial charge is 0.494 e. The molecule has 120 valence electrons. The Kier molecular flexibility index (Phi) is 6.11. The fourth-order valence-corrected chi connectivity index (χ4v) is 2.24. The summed E-state index contributed by atoms with van der Waals surface area (Å²) in [5.41, 5.74) is 1.65. The van der Waals surface area contributed by atoms with Gasteiger partial charge in [0.1, 0.15) is 5.75 Å². The predicted octanol–water partition coefficient (Wildman–Crippen LogP) is 3.23. The maximum absolute atomic E-state index is 12.3. The number of hydrogen-bond donors (Lipinski definition) is 1. The minimum atomic E-state index is -0.239. The molecule has 5 heteroatoms. The summed E-state index contributed by atoms with van der Waals surface area (Å²) in [5.74, 6) is 0.431. The summed E-state index contributed by atoms with van der Waals surface area (Å²) < 4.78 is 5.40. The minimum absolute atomic E-state index is 0.239. The molecular formula is C18H20N2O2S. The molecule has 0 bridgehead atoms. The van der Waals surface area contributed by atoms with Gasteiger partial charge in [-0.05, 0) is 42.9 Å². The first-order chi connectivity index (χ1) is 11.1. The smallest absolute Gasteiger partial charge is 0.257 e. The second-order valence-corrected chi connectivity index (χ2v) is 5.45. The zero-order valence-corrected chi connectivity index (χ0v) is 14.1. The van der Waals surface area contributed by atoms with Gasteiger partial charge in [0.05, 0.1) is 6.61 Å². The molecule has 0 aliphatic rings. The number of ether oxygens (including phenoxy) is 1. The molecule has 2 rings (SSSR count). The van der Waals surface area contributed by atoms with Crippen molar-refractivity contribution in [1.82, 2.24) is 10.2 Å². The molecule has 0 fully saturated rings. The average Bonchev–Trinajstić information content (AvgIpc) is 2.56. The molecule has 4 nitrogen and oxygen atoms in total. The van der Waals surface area contributed by atoms with Gasteiger partial charge in [-0.25, -0.2) is 0 Å². The topological polar surface area (TPSA) is 41.6 Å². The van der Waals surface area contributed by atoms with Gasteiger partial charge in [-0.1, -0.05) is 36.4 Å². The maximum Gasteiger partial charge on any atom is 0.257 e. The van der Waals surface area contributed by atoms with Crippen LogP contribution in [0.15, 0.2) is 54.6 Å². The highest BCUT2D eigenvalue weighted by atomic mass is 32.1. The SMILES string of the molecule is CCOc1cccc(C(=O)NC(=S)N(C)Cc2ccccc2)c1. The summed E-state index contributed by atoms with van der Waals surface area (Å²) in [5, 5.41) is 3.14. The zero-order valence-electron chi connectivity index (χ0n) is 13.3. The lowest BCUT2D eigenvalue weighted by molar-refractivity contribution is 0.0973. The molecule has 0 atom stereocenters. The van der Waals surface area contributed by atoms with E-state index in [4.69, 9.17) is 17.0 Å². The van der Waals surface area contributed by atoms with Crippen LogP contribution in [0.4, 0.5) is 0 Å². The van der Waals surface area contributed by atoms with E-state index < -0.39 is 0 Å². The molecular weight excluding hydrogens is 308 g/mol. The third-order valence-corrected chi connectivity index (χ3v) is 3.65. The lowest BCUT2D eigenvalue weighted by Crippen LogP contribution is -2.40. The van der Waals surface area contributed by atoms with Crippen molar-refractivity contribution in [1.29, 1.82) is 0 Å². The number of rotatable bonds is 5. The maximum atomic E-state index is 12.3. The molecule has 2 aromatic rings. The van der Waals surface area contributed by atoms with Crippen molar-refractivity contribution in [2.45, 2.75) is 13.5 Å². The quantitative estimate of drug-likeness (QED) is 0.856. The molecule has 0 aromatic heterocycles. The third-order valence-electron chi connectivity index (χ3n) is 3.24. The number of hydrogen-bond acceptors (Lipinski definition) is 3. The fourth-order valence-electron chi connectivity index (χ4n) is 2.09. The van der Waals surface area contributed by atoms with Crippen LogP contribution in [0.2, 0.25) is 0 Å². The molecule has 0 saturated heterocycles. The van der Waals surface area contributed by atoms with Gasteiger partial charge in [0.25, 0.3) is 5.91 Å². The van der Waals surface area contributed by atoms with Crippen LogP contribution in [-0.4, -0.2) is 29.6 Å². The highest BCUT2D eigenvalue weighted by molar-refractivity contribution is 7.80. The fraction of sp³-hybridized carbons (Fsp3) is 0.222. The monoisotopic (exact) mass is 328 g/mol. The molecule has 0 spiro atoms. The van der Waals surface area contributed by atoms with Gasteiger partial charge in [-0.15, -0.1) is 0 Å². The van der Waals surface area contributed by atoms with Crippen molar-refractivity contribution in [3.05, 3.63) is 65.7 Å². The number of carbonyl (C=O) groups excluding carboxylic acids is 1. The number of amides is 1. The number of nitrogens with zero attached hydrogens (tertiary/aromatic N) is 1. The van der Waals surface area contributed by atoms with Crippen LogP contribution < -0.4 is 10.1 Å². The van der Waals surface area contributed by atoms with Gasteiger partial charge in [0.15, 0.2) is 5.11 Å². The Bertz CT molecular complexity index is 674. The first-order valence-corrected chi connectivity index (χ1v) is 7.84. The van der Waals surface area contributed by atoms with Crippen molar-refractivity contribution in [2.75, 3.05) is 13.7 Å². The van der Waals surface area contributed by atoms with Crippen LogP contribution in [0.25, 0.3) is 0 Å². The highest BCUT2D eigenvalue weighted by Gasteiger charge is 2.12. The third kappa shape index (κ3) is 5.07. The Morgan fingerprint density at radius 2 is 1.91 bits per heavy atom. The van der Waals surface area contributed by atoms with E-state index in [0.29, 0.717) is 29.6 Å². The molecule has 0 saturated carbocycles. The first-order valence-electron chi connectivity index (χ1n) is 7.43. The average molecular weight is 328 g/mol. The summed E-state index contributed by atoms with van der Waals surface area (Å²) in [6.07, 6.45) is 0. The van der Waals surface area contributed by atoms with Crippen molar-refractivity contribution < 1.29 is 9.53 Å². The zero-order chi connectivity index (χ0) is 16.7. The van der Waals surface area contributed by atoms with Crippen LogP contribution in [0.1, 0.15) is 22.8 Å². The Morgan fingerprint density at radius 1 is 1.17 bits per heavy atom. The normalized spacial score (nSPS) is 10.0. The second-order valence-electron chi connectivity index (χ2n) is 5.06. The Balaban J connectivity index is 1.96. The molecule has 2 aromatic carbocycles. The van der Waals surface area contributed by atoms with E-state index in [-0.39, 0.29) is 5.91 Å². The van der Waals surface area contributed by atoms with Gasteiger partial charge < -0.3 is 9.64 Å². The van der Waals surface area contributed by atoms with E-state index in [1.807, 2.05) is 55.3 Å². The predicted molar refractivity (Wildman–Crippen MR) is 95.6 cm³/mol. The van der Waals surface area contributed by atoms with Crippen molar-refractivity contribution in [3.8, 4) is 5.75 Å². The van der Waals surface area contributed by atoms with E-state index in [1.54, 1.807) is 18.2 Å². The van der Waals surface area contributed by atoms with Gasteiger partial charge in [0, 0.05) is 19.2 Å². The summed E-state index contributed by atoms with van der Waals surface area (Å²) in [4.78, 5) is 14.1. The number of nitrogens with one attached hydrogen (secondary N) is 1. The number of benzene rings is 2. The number of carbonyl (C=O) groups is 1. The van der Waals surface area contributed by atoms with Crippen molar-refractivity contribution in [3.63, 3.8) is 0 Å². The molecule has 0 unspecified atom stereocenters. The van der Waals surface area contributed by atoms with Crippen LogP contribution in [-0.2, 0) is 6.54 Å². The van der Waals surface area contributed by atoms with Gasteiger partial charge in [-0.3, -0.25) is 10.1 Å². The molecule has 0 radical (unpaired) electrons. The Labute approximate surface area is 142 Å². The molecule has 1 amide bonds. The molecule has 1 N–H and O–H groups in total. The summed E-state index contributed by atoms with van der Waals surface area (Å²) >= 11 is 5.30. The van der Waals surface area contributed by atoms with E-state index in [0.717, 1.165) is 5.56 Å². The van der Waals surface area contributed by atoms with Gasteiger partial charge in [-0.2, -0.15) is 0 Å². The van der Waals surface area contributed by atoms with Gasteiger partial charge >= 0.3 is 0 Å². The van der Waals surface area contributed by atoms with Crippen LogP contribution in [0.5, 0.6) is 5.75 Å². The van der Waals surface area contributed by atoms with E-state index in [1.165, 1.54) is 0 Å². The van der Waals surface area contributed by atoms with Crippen LogP contribution in [0, 0.1) is 0 Å². The van der Waals surface area contributed by atoms with E-state index in [9.17, 15) is 4.79 Å². The van der Waals surface area contributed by atoms with Crippen molar-refractivity contribution >= 4 is 23.2 Å². The second kappa shape index (κ2) is 8.29. The van der Waals surface area contributed by atoms with Crippen LogP contribution in [0.3, 0.4) is 0 Å². The Hall–Kier alpha value is -2.40. The molecule has 23 heavy (non-hydrogen) atoms. The molecule has 0 aliphatic heterocycles. The van der Waals surface area contributed by atoms with E-state index in [2.05, 4.69) is 5.32 Å². The van der Waals surface area contributed by atoms with Crippen LogP contribution >= 0.6 is 12.2 Å². The lowest BCUT2D eigenvalue weighted by atomic mass is 10.2. The van der Waals surface area contributed by atoms with Gasteiger partial charge in [0.2, 0.25) is 0 Å². The standard InChI is InChI=1S/C18H20N2O2S/c1-3-22-16-11-7-10-15(12-16)17(21)19-18(23)20(2)13-14-8-5-4-6-9-14/h4-12H,3,13H2,1-2H3,(H,19,21,23). The summed E-state index contributed by atoms with van der Waals surface area (Å²) in [6, 6.07) is 17.0. The highest BCUT2D eigenvalue weighted by Crippen LogP contribution is 2.13. The lowest BCUT2D eigenvalue weighted by Gasteiger charge is -2.20. The number of thiocarbonyl (C=S) groups is 1. The Morgan fingerprint density at radius 3 is 2.61 bits per heavy atom. The molecule has 0 heterocycles. The van der Waals surface area contributed by atoms with E-state index >= 15 is 0 Å². The molecule has 0 aliphatic carbocycles.